The fraction of sp³-hybridized carbons (Fsp3) is 0. The van der Waals surface area contributed by atoms with Crippen LogP contribution in [0.25, 0.3) is 0 Å². The van der Waals surface area contributed by atoms with Crippen molar-refractivity contribution in [3.8, 4) is 238 Å². The first-order valence-electron chi connectivity index (χ1n) is 15.7. The summed E-state index contributed by atoms with van der Waals surface area (Å²) in [5, 5.41) is 0. The predicted molar refractivity (Wildman–Crippen MR) is 241 cm³/mol. The minimum atomic E-state index is 0.160. The zero-order valence-corrected chi connectivity index (χ0v) is 31.9. The highest BCUT2D eigenvalue weighted by Crippen LogP contribution is 1.84. The lowest BCUT2D eigenvalue weighted by Crippen LogP contribution is -1.68. The Morgan fingerprint density at radius 1 is 0.206 bits per heavy atom. The summed E-state index contributed by atoms with van der Waals surface area (Å²) in [5.74, 6) is 94.1. The summed E-state index contributed by atoms with van der Waals surface area (Å²) < 4.78 is 0. The minimum absolute atomic E-state index is 0.160. The van der Waals surface area contributed by atoms with Crippen LogP contribution in [-0.4, -0.2) is 0 Å². The quantitative estimate of drug-likeness (QED) is 0.258. The van der Waals surface area contributed by atoms with Gasteiger partial charge < -0.3 is 0 Å². The van der Waals surface area contributed by atoms with Gasteiger partial charge in [0.15, 0.2) is 0 Å². The van der Waals surface area contributed by atoms with Gasteiger partial charge in [0.1, 0.15) is 5.57 Å². The number of hydrogen-bond acceptors (Lipinski definition) is 0. The predicted octanol–water partition coefficient (Wildman–Crippen LogP) is 4.13. The van der Waals surface area contributed by atoms with Crippen LogP contribution in [0, 0.1) is 238 Å². The topological polar surface area (TPSA) is 0 Å². The number of terminal acetylenes is 2. The second kappa shape index (κ2) is 46.3. The van der Waals surface area contributed by atoms with E-state index in [1.54, 1.807) is 0 Å². The fourth-order valence-electron chi connectivity index (χ4n) is 1.96. The van der Waals surface area contributed by atoms with Gasteiger partial charge in [0.25, 0.3) is 0 Å². The van der Waals surface area contributed by atoms with Crippen molar-refractivity contribution in [3.63, 3.8) is 0 Å². The second-order valence-electron chi connectivity index (χ2n) is 7.84. The van der Waals surface area contributed by atoms with Gasteiger partial charge in [-0.15, -0.1) is 12.8 Å². The van der Waals surface area contributed by atoms with Gasteiger partial charge in [-0.25, -0.2) is 0 Å². The molecular formula is C63H4. The summed E-state index contributed by atoms with van der Waals surface area (Å²) in [4.78, 5) is 0. The number of rotatable bonds is 0. The van der Waals surface area contributed by atoms with Crippen LogP contribution in [0.5, 0.6) is 0 Å². The molecule has 0 aliphatic heterocycles. The Bertz CT molecular complexity index is 4020. The molecule has 0 rings (SSSR count). The molecule has 0 aromatic heterocycles. The van der Waals surface area contributed by atoms with Crippen LogP contribution in [0.3, 0.4) is 0 Å². The van der Waals surface area contributed by atoms with Crippen molar-refractivity contribution in [1.29, 1.82) is 0 Å². The smallest absolute Gasteiger partial charge is 0.106 e. The first-order valence-corrected chi connectivity index (χ1v) is 15.7. The van der Waals surface area contributed by atoms with Crippen molar-refractivity contribution >= 4 is 0 Å². The third-order valence-electron chi connectivity index (χ3n) is 3.92. The van der Waals surface area contributed by atoms with E-state index in [0.29, 0.717) is 0 Å². The monoisotopic (exact) mass is 760 g/mol. The van der Waals surface area contributed by atoms with E-state index in [-0.39, 0.29) is 5.57 Å². The maximum atomic E-state index is 4.97. The molecular weight excluding hydrogens is 757 g/mol. The van der Waals surface area contributed by atoms with Crippen LogP contribution in [0.1, 0.15) is 0 Å². The van der Waals surface area contributed by atoms with E-state index in [2.05, 4.69) is 352 Å². The molecule has 0 saturated carbocycles. The molecule has 0 aromatic rings. The zero-order valence-electron chi connectivity index (χ0n) is 31.9. The van der Waals surface area contributed by atoms with E-state index in [1.165, 1.54) is 0 Å². The lowest BCUT2D eigenvalue weighted by molar-refractivity contribution is 1.92. The lowest BCUT2D eigenvalue weighted by atomic mass is 10.3. The van der Waals surface area contributed by atoms with Gasteiger partial charge >= 0.3 is 0 Å². The standard InChI is InChI=1S/C63H4/c1-4-7-10-13-16-19-22-25-28-31-34-35-38-41-44-47-50-53-56-59-62-63(60-57-54-51-48-45-42-39-36-32-29-26-23-20-17-14-11-8-5-2)61-58-55-52-49-46-43-40-37-33-30-27-24-21-18-15-12-9-6-3/h2-3H,1H2. The van der Waals surface area contributed by atoms with Gasteiger partial charge in [-0.05, 0) is 305 Å². The van der Waals surface area contributed by atoms with Crippen LogP contribution >= 0.6 is 0 Å². The van der Waals surface area contributed by atoms with Crippen LogP contribution < -0.4 is 0 Å². The Morgan fingerprint density at radius 3 is 0.587 bits per heavy atom. The molecule has 0 fully saturated rings. The van der Waals surface area contributed by atoms with Gasteiger partial charge in [0, 0.05) is 40.9 Å². The number of allylic oxidation sites excluding steroid dienone is 1. The van der Waals surface area contributed by atoms with Crippen molar-refractivity contribution in [1.82, 2.24) is 0 Å². The molecule has 0 aliphatic rings. The highest BCUT2D eigenvalue weighted by molar-refractivity contribution is 5.53. The fourth-order valence-corrected chi connectivity index (χ4v) is 1.96. The molecule has 0 bridgehead atoms. The molecule has 0 spiro atoms. The summed E-state index contributed by atoms with van der Waals surface area (Å²) in [6.07, 6.45) is 9.93. The third kappa shape index (κ3) is 44.4. The van der Waals surface area contributed by atoms with E-state index >= 15 is 0 Å². The highest BCUT2D eigenvalue weighted by Gasteiger charge is 1.79. The summed E-state index contributed by atoms with van der Waals surface area (Å²) in [6.45, 7) is 3.32. The van der Waals surface area contributed by atoms with Gasteiger partial charge in [0.05, 0.1) is 0 Å². The Balaban J connectivity index is 6.45. The van der Waals surface area contributed by atoms with Crippen molar-refractivity contribution in [2.45, 2.75) is 0 Å². The summed E-state index contributed by atoms with van der Waals surface area (Å²) >= 11 is 0. The van der Waals surface area contributed by atoms with Crippen molar-refractivity contribution in [2.24, 2.45) is 0 Å². The second-order valence-corrected chi connectivity index (χ2v) is 7.84. The molecule has 0 aromatic carbocycles. The molecule has 0 saturated heterocycles. The molecule has 0 heterocycles. The molecule has 0 N–H and O–H groups in total. The highest BCUT2D eigenvalue weighted by atomic mass is 13.8. The maximum absolute atomic E-state index is 4.97. The third-order valence-corrected chi connectivity index (χ3v) is 3.92. The normalized spacial score (nSPS) is 4.10. The Labute approximate surface area is 368 Å². The van der Waals surface area contributed by atoms with E-state index in [0.717, 1.165) is 0 Å². The van der Waals surface area contributed by atoms with Gasteiger partial charge in [-0.3, -0.25) is 0 Å². The molecule has 0 atom stereocenters. The van der Waals surface area contributed by atoms with Crippen molar-refractivity contribution < 1.29 is 0 Å². The largest absolute Gasteiger partial charge is 0.127 e. The van der Waals surface area contributed by atoms with Crippen LogP contribution in [0.4, 0.5) is 0 Å². The molecule has 0 unspecified atom stereocenters. The number of hydrogen-bond donors (Lipinski definition) is 0. The van der Waals surface area contributed by atoms with Crippen LogP contribution in [0.15, 0.2) is 133 Å². The summed E-state index contributed by atoms with van der Waals surface area (Å²) in [7, 11) is 0. The molecule has 0 nitrogen and oxygen atoms in total. The molecule has 256 valence electrons. The average molecular weight is 761 g/mol. The first-order chi connectivity index (χ1) is 31.3. The first kappa shape index (κ1) is 49.3. The minimum Gasteiger partial charge on any atom is -0.106 e. The molecule has 0 amide bonds. The van der Waals surface area contributed by atoms with Crippen LogP contribution in [0.2, 0.25) is 0 Å². The molecule has 0 radical (unpaired) electrons. The average Bonchev–Trinajstić information content (AvgIpc) is 3.29. The van der Waals surface area contributed by atoms with Crippen molar-refractivity contribution in [3.05, 3.63) is 133 Å². The van der Waals surface area contributed by atoms with Crippen molar-refractivity contribution in [2.75, 3.05) is 0 Å². The Kier molecular flexibility index (Phi) is 36.3. The lowest BCUT2D eigenvalue weighted by Gasteiger charge is -1.72. The summed E-state index contributed by atoms with van der Waals surface area (Å²) in [6, 6.07) is 0. The summed E-state index contributed by atoms with van der Waals surface area (Å²) in [5.41, 5.74) is 52.8. The van der Waals surface area contributed by atoms with E-state index in [1.807, 2.05) is 0 Å². The Morgan fingerprint density at radius 2 is 0.381 bits per heavy atom. The van der Waals surface area contributed by atoms with E-state index < -0.39 is 0 Å². The van der Waals surface area contributed by atoms with Gasteiger partial charge in [-0.1, -0.05) is 5.73 Å². The van der Waals surface area contributed by atoms with Gasteiger partial charge in [0.2, 0.25) is 0 Å². The van der Waals surface area contributed by atoms with E-state index in [9.17, 15) is 0 Å². The molecule has 63 heavy (non-hydrogen) atoms. The molecule has 0 aliphatic carbocycles. The Hall–Kier alpha value is -13.7. The maximum Gasteiger partial charge on any atom is 0.127 e. The zero-order chi connectivity index (χ0) is 45.3. The van der Waals surface area contributed by atoms with E-state index in [4.69, 9.17) is 12.8 Å². The SMILES string of the molecule is C#CC#CC#CC#CC#CC#CC#CC#CC#CC#CC(=C=C=C=C=C=C=C=C=C=C=C=C=C=C=C=C=C=C=C=C=C=C)C#CC#CC#CC#CC#CC#CC#CC#CC#CC#C. The van der Waals surface area contributed by atoms with Gasteiger partial charge in [-0.2, -0.15) is 0 Å². The van der Waals surface area contributed by atoms with Crippen LogP contribution in [-0.2, 0) is 0 Å². The molecule has 0 heteroatoms.